The Morgan fingerprint density at radius 2 is 2.17 bits per heavy atom. The van der Waals surface area contributed by atoms with Gasteiger partial charge in [-0.3, -0.25) is 10.3 Å². The topological polar surface area (TPSA) is 73.3 Å². The summed E-state index contributed by atoms with van der Waals surface area (Å²) in [5.41, 5.74) is 7.42. The van der Waals surface area contributed by atoms with Crippen LogP contribution in [-0.4, -0.2) is 35.0 Å². The zero-order chi connectivity index (χ0) is 13.1. The number of rotatable bonds is 4. The van der Waals surface area contributed by atoms with Crippen LogP contribution in [0.4, 0.5) is 0 Å². The molecule has 4 nitrogen and oxygen atoms in total. The molecule has 0 aliphatic carbocycles. The Morgan fingerprint density at radius 3 is 2.67 bits per heavy atom. The number of nitrogens with zero attached hydrogens (tertiary/aromatic N) is 1. The van der Waals surface area contributed by atoms with E-state index in [2.05, 4.69) is 4.90 Å². The van der Waals surface area contributed by atoms with E-state index in [9.17, 15) is 5.11 Å². The molecular weight excluding hydrogens is 226 g/mol. The number of aliphatic hydroxyl groups is 1. The van der Waals surface area contributed by atoms with Gasteiger partial charge in [0.05, 0.1) is 6.10 Å². The van der Waals surface area contributed by atoms with Crippen LogP contribution < -0.4 is 5.73 Å². The van der Waals surface area contributed by atoms with Crippen molar-refractivity contribution in [1.29, 1.82) is 5.41 Å². The largest absolute Gasteiger partial charge is 0.393 e. The molecule has 2 atom stereocenters. The molecule has 4 heteroatoms. The van der Waals surface area contributed by atoms with Crippen molar-refractivity contribution in [2.45, 2.75) is 26.0 Å². The lowest BCUT2D eigenvalue weighted by Crippen LogP contribution is -2.24. The van der Waals surface area contributed by atoms with Crippen LogP contribution in [0.5, 0.6) is 0 Å². The summed E-state index contributed by atoms with van der Waals surface area (Å²) in [5, 5.41) is 16.9. The summed E-state index contributed by atoms with van der Waals surface area (Å²) in [5.74, 6) is 0.512. The fraction of sp³-hybridized carbons (Fsp3) is 0.500. The zero-order valence-corrected chi connectivity index (χ0v) is 10.8. The van der Waals surface area contributed by atoms with E-state index in [1.165, 1.54) is 5.56 Å². The van der Waals surface area contributed by atoms with Gasteiger partial charge in [-0.1, -0.05) is 24.3 Å². The molecule has 0 saturated carbocycles. The molecular formula is C14H21N3O. The Morgan fingerprint density at radius 1 is 1.50 bits per heavy atom. The van der Waals surface area contributed by atoms with Gasteiger partial charge in [0.2, 0.25) is 0 Å². The normalized spacial score (nSPS) is 22.0. The minimum absolute atomic E-state index is 0.108. The first-order valence-electron chi connectivity index (χ1n) is 6.40. The van der Waals surface area contributed by atoms with Gasteiger partial charge in [0.25, 0.3) is 0 Å². The fourth-order valence-corrected chi connectivity index (χ4v) is 2.45. The molecule has 0 aromatic heterocycles. The third kappa shape index (κ3) is 3.09. The third-order valence-electron chi connectivity index (χ3n) is 3.66. The number of hydrogen-bond acceptors (Lipinski definition) is 3. The molecule has 4 N–H and O–H groups in total. The van der Waals surface area contributed by atoms with Gasteiger partial charge in [-0.2, -0.15) is 0 Å². The predicted octanol–water partition coefficient (Wildman–Crippen LogP) is 1.17. The number of hydrogen-bond donors (Lipinski definition) is 3. The number of nitrogens with one attached hydrogen (secondary N) is 1. The number of amidine groups is 1. The second-order valence-corrected chi connectivity index (χ2v) is 5.14. The highest BCUT2D eigenvalue weighted by Crippen LogP contribution is 2.21. The van der Waals surface area contributed by atoms with Crippen LogP contribution in [-0.2, 0) is 6.54 Å². The first kappa shape index (κ1) is 13.1. The van der Waals surface area contributed by atoms with E-state index in [1.54, 1.807) is 0 Å². The molecule has 0 spiro atoms. The summed E-state index contributed by atoms with van der Waals surface area (Å²) in [6.07, 6.45) is 0.860. The van der Waals surface area contributed by atoms with Crippen molar-refractivity contribution in [3.05, 3.63) is 35.4 Å². The van der Waals surface area contributed by atoms with E-state index < -0.39 is 0 Å². The molecule has 1 aromatic rings. The zero-order valence-electron chi connectivity index (χ0n) is 10.8. The van der Waals surface area contributed by atoms with E-state index >= 15 is 0 Å². The molecule has 1 saturated heterocycles. The number of likely N-dealkylation sites (tertiary alicyclic amines) is 1. The molecule has 2 rings (SSSR count). The summed E-state index contributed by atoms with van der Waals surface area (Å²) < 4.78 is 0. The van der Waals surface area contributed by atoms with Crippen LogP contribution in [0.25, 0.3) is 0 Å². The first-order chi connectivity index (χ1) is 8.56. The Hall–Kier alpha value is -1.39. The van der Waals surface area contributed by atoms with Crippen molar-refractivity contribution < 1.29 is 5.11 Å². The molecule has 18 heavy (non-hydrogen) atoms. The maximum absolute atomic E-state index is 9.57. The van der Waals surface area contributed by atoms with Crippen LogP contribution in [0.1, 0.15) is 24.5 Å². The fourth-order valence-electron chi connectivity index (χ4n) is 2.45. The number of nitrogen functional groups attached to an aromatic ring is 1. The molecule has 0 amide bonds. The molecule has 98 valence electrons. The van der Waals surface area contributed by atoms with Gasteiger partial charge < -0.3 is 10.8 Å². The molecule has 2 unspecified atom stereocenters. The van der Waals surface area contributed by atoms with Crippen LogP contribution in [0.3, 0.4) is 0 Å². The maximum Gasteiger partial charge on any atom is 0.122 e. The monoisotopic (exact) mass is 247 g/mol. The molecule has 1 aliphatic heterocycles. The highest BCUT2D eigenvalue weighted by molar-refractivity contribution is 5.94. The summed E-state index contributed by atoms with van der Waals surface area (Å²) >= 11 is 0. The van der Waals surface area contributed by atoms with Gasteiger partial charge >= 0.3 is 0 Å². The Kier molecular flexibility index (Phi) is 3.99. The lowest BCUT2D eigenvalue weighted by Gasteiger charge is -2.17. The maximum atomic E-state index is 9.57. The van der Waals surface area contributed by atoms with E-state index in [4.69, 9.17) is 11.1 Å². The smallest absolute Gasteiger partial charge is 0.122 e. The van der Waals surface area contributed by atoms with Gasteiger partial charge in [0.1, 0.15) is 5.84 Å². The second kappa shape index (κ2) is 5.50. The quantitative estimate of drug-likeness (QED) is 0.552. The number of aliphatic hydroxyl groups excluding tert-OH is 1. The minimum Gasteiger partial charge on any atom is -0.393 e. The van der Waals surface area contributed by atoms with Crippen LogP contribution in [0.2, 0.25) is 0 Å². The Bertz CT molecular complexity index is 414. The third-order valence-corrected chi connectivity index (χ3v) is 3.66. The van der Waals surface area contributed by atoms with Crippen LogP contribution in [0.15, 0.2) is 24.3 Å². The molecule has 0 bridgehead atoms. The molecule has 0 radical (unpaired) electrons. The van der Waals surface area contributed by atoms with E-state index in [-0.39, 0.29) is 11.9 Å². The van der Waals surface area contributed by atoms with Crippen LogP contribution >= 0.6 is 0 Å². The predicted molar refractivity (Wildman–Crippen MR) is 72.5 cm³/mol. The van der Waals surface area contributed by atoms with Gasteiger partial charge in [-0.25, -0.2) is 0 Å². The molecule has 1 fully saturated rings. The van der Waals surface area contributed by atoms with Crippen LogP contribution in [0, 0.1) is 11.3 Å². The van der Waals surface area contributed by atoms with Gasteiger partial charge in [0.15, 0.2) is 0 Å². The minimum atomic E-state index is -0.213. The summed E-state index contributed by atoms with van der Waals surface area (Å²) in [6, 6.07) is 7.82. The standard InChI is InChI=1S/C14H21N3O/c1-10(18)13-6-7-17(9-13)8-11-2-4-12(5-3-11)14(15)16/h2-5,10,13,18H,6-9H2,1H3,(H3,15,16). The Labute approximate surface area is 108 Å². The van der Waals surface area contributed by atoms with E-state index in [1.807, 2.05) is 31.2 Å². The average Bonchev–Trinajstić information content (AvgIpc) is 2.78. The SMILES string of the molecule is CC(O)C1CCN(Cc2ccc(C(=N)N)cc2)C1. The highest BCUT2D eigenvalue weighted by Gasteiger charge is 2.25. The van der Waals surface area contributed by atoms with Crippen molar-refractivity contribution in [3.63, 3.8) is 0 Å². The van der Waals surface area contributed by atoms with Crippen molar-refractivity contribution in [1.82, 2.24) is 4.90 Å². The van der Waals surface area contributed by atoms with Gasteiger partial charge in [-0.05, 0) is 31.4 Å². The van der Waals surface area contributed by atoms with Gasteiger partial charge in [-0.15, -0.1) is 0 Å². The number of benzene rings is 1. The molecule has 1 aliphatic rings. The first-order valence-corrected chi connectivity index (χ1v) is 6.40. The van der Waals surface area contributed by atoms with Gasteiger partial charge in [0, 0.05) is 18.7 Å². The number of nitrogens with two attached hydrogens (primary N) is 1. The Balaban J connectivity index is 1.92. The second-order valence-electron chi connectivity index (χ2n) is 5.14. The summed E-state index contributed by atoms with van der Waals surface area (Å²) in [7, 11) is 0. The molecule has 1 heterocycles. The summed E-state index contributed by atoms with van der Waals surface area (Å²) in [4.78, 5) is 2.36. The average molecular weight is 247 g/mol. The van der Waals surface area contributed by atoms with E-state index in [0.29, 0.717) is 5.92 Å². The molecule has 1 aromatic carbocycles. The highest BCUT2D eigenvalue weighted by atomic mass is 16.3. The van der Waals surface area contributed by atoms with Crippen molar-refractivity contribution >= 4 is 5.84 Å². The summed E-state index contributed by atoms with van der Waals surface area (Å²) in [6.45, 7) is 4.79. The van der Waals surface area contributed by atoms with Crippen molar-refractivity contribution in [3.8, 4) is 0 Å². The lowest BCUT2D eigenvalue weighted by atomic mass is 10.0. The van der Waals surface area contributed by atoms with Crippen molar-refractivity contribution in [2.24, 2.45) is 11.7 Å². The lowest BCUT2D eigenvalue weighted by molar-refractivity contribution is 0.127. The van der Waals surface area contributed by atoms with E-state index in [0.717, 1.165) is 31.6 Å². The van der Waals surface area contributed by atoms with Crippen molar-refractivity contribution in [2.75, 3.05) is 13.1 Å².